The smallest absolute Gasteiger partial charge is 0.293 e. The van der Waals surface area contributed by atoms with Crippen LogP contribution in [-0.2, 0) is 17.9 Å². The number of nitro groups is 1. The second kappa shape index (κ2) is 10.6. The molecule has 0 bridgehead atoms. The van der Waals surface area contributed by atoms with Gasteiger partial charge in [0.15, 0.2) is 11.5 Å². The number of imide groups is 1. The first-order valence-corrected chi connectivity index (χ1v) is 11.6. The van der Waals surface area contributed by atoms with E-state index in [0.717, 1.165) is 10.5 Å². The van der Waals surface area contributed by atoms with Gasteiger partial charge in [-0.3, -0.25) is 24.6 Å². The fourth-order valence-electron chi connectivity index (χ4n) is 3.42. The minimum atomic E-state index is -0.575. The number of benzene rings is 3. The van der Waals surface area contributed by atoms with Crippen LogP contribution in [0.25, 0.3) is 6.08 Å². The van der Waals surface area contributed by atoms with Crippen molar-refractivity contribution in [3.63, 3.8) is 0 Å². The molecule has 8 nitrogen and oxygen atoms in total. The molecule has 178 valence electrons. The van der Waals surface area contributed by atoms with E-state index in [1.54, 1.807) is 24.3 Å². The Balaban J connectivity index is 1.62. The largest absolute Gasteiger partial charge is 0.493 e. The zero-order valence-electron chi connectivity index (χ0n) is 18.5. The summed E-state index contributed by atoms with van der Waals surface area (Å²) in [5.74, 6) is -0.113. The van der Waals surface area contributed by atoms with Crippen LogP contribution in [0.4, 0.5) is 10.5 Å². The van der Waals surface area contributed by atoms with E-state index in [2.05, 4.69) is 0 Å². The molecule has 0 aromatic heterocycles. The van der Waals surface area contributed by atoms with Crippen molar-refractivity contribution >= 4 is 46.3 Å². The van der Waals surface area contributed by atoms with Crippen molar-refractivity contribution in [2.45, 2.75) is 13.2 Å². The highest BCUT2D eigenvalue weighted by Crippen LogP contribution is 2.39. The molecule has 0 spiro atoms. The van der Waals surface area contributed by atoms with Crippen molar-refractivity contribution in [2.75, 3.05) is 7.11 Å². The Labute approximate surface area is 210 Å². The van der Waals surface area contributed by atoms with Gasteiger partial charge in [-0.15, -0.1) is 0 Å². The fourth-order valence-corrected chi connectivity index (χ4v) is 4.45. The van der Waals surface area contributed by atoms with Crippen molar-refractivity contribution < 1.29 is 24.0 Å². The van der Waals surface area contributed by atoms with Crippen LogP contribution in [0.3, 0.4) is 0 Å². The predicted octanol–water partition coefficient (Wildman–Crippen LogP) is 6.07. The van der Waals surface area contributed by atoms with Gasteiger partial charge in [0.1, 0.15) is 6.61 Å². The van der Waals surface area contributed by atoms with Crippen LogP contribution >= 0.6 is 23.4 Å². The molecule has 35 heavy (non-hydrogen) atoms. The first-order chi connectivity index (χ1) is 16.9. The number of methoxy groups -OCH3 is 1. The molecular weight excluding hydrogens is 492 g/mol. The second-order valence-corrected chi connectivity index (χ2v) is 8.85. The highest BCUT2D eigenvalue weighted by Gasteiger charge is 2.36. The zero-order chi connectivity index (χ0) is 24.9. The zero-order valence-corrected chi connectivity index (χ0v) is 20.0. The summed E-state index contributed by atoms with van der Waals surface area (Å²) in [4.78, 5) is 37.8. The molecule has 4 rings (SSSR count). The van der Waals surface area contributed by atoms with Crippen LogP contribution in [0.15, 0.2) is 71.6 Å². The van der Waals surface area contributed by atoms with Crippen molar-refractivity contribution in [3.05, 3.63) is 103 Å². The number of hydrogen-bond acceptors (Lipinski definition) is 7. The highest BCUT2D eigenvalue weighted by atomic mass is 35.5. The summed E-state index contributed by atoms with van der Waals surface area (Å²) in [5.41, 5.74) is 1.33. The van der Waals surface area contributed by atoms with Gasteiger partial charge in [0.05, 0.1) is 35.1 Å². The van der Waals surface area contributed by atoms with Gasteiger partial charge in [-0.05, 0) is 41.1 Å². The lowest BCUT2D eigenvalue weighted by molar-refractivity contribution is -0.385. The van der Waals surface area contributed by atoms with E-state index in [1.165, 1.54) is 25.3 Å². The third-order valence-electron chi connectivity index (χ3n) is 5.19. The molecule has 3 aromatic rings. The highest BCUT2D eigenvalue weighted by molar-refractivity contribution is 8.18. The molecular formula is C25H19ClN2O6S. The number of nitro benzene ring substituents is 1. The third kappa shape index (κ3) is 5.47. The maximum atomic E-state index is 12.9. The number of carbonyl (C=O) groups is 2. The van der Waals surface area contributed by atoms with Crippen molar-refractivity contribution in [1.82, 2.24) is 4.90 Å². The summed E-state index contributed by atoms with van der Waals surface area (Å²) >= 11 is 6.87. The Morgan fingerprint density at radius 3 is 2.46 bits per heavy atom. The van der Waals surface area contributed by atoms with Gasteiger partial charge in [0, 0.05) is 5.02 Å². The summed E-state index contributed by atoms with van der Waals surface area (Å²) in [6, 6.07) is 18.9. The molecule has 0 aliphatic carbocycles. The number of carbonyl (C=O) groups excluding carboxylic acids is 2. The molecule has 10 heteroatoms. The fraction of sp³-hybridized carbons (Fsp3) is 0.120. The van der Waals surface area contributed by atoms with Crippen LogP contribution in [0.1, 0.15) is 16.7 Å². The molecule has 0 N–H and O–H groups in total. The lowest BCUT2D eigenvalue weighted by atomic mass is 10.1. The van der Waals surface area contributed by atoms with Crippen molar-refractivity contribution in [3.8, 4) is 11.5 Å². The molecule has 0 saturated carbocycles. The number of rotatable bonds is 8. The van der Waals surface area contributed by atoms with E-state index in [9.17, 15) is 19.7 Å². The number of thioether (sulfide) groups is 1. The number of nitrogens with zero attached hydrogens (tertiary/aromatic N) is 2. The van der Waals surface area contributed by atoms with Gasteiger partial charge < -0.3 is 9.47 Å². The number of ether oxygens (including phenoxy) is 2. The van der Waals surface area contributed by atoms with Crippen LogP contribution < -0.4 is 9.47 Å². The van der Waals surface area contributed by atoms with Crippen LogP contribution in [0.5, 0.6) is 11.5 Å². The average Bonchev–Trinajstić information content (AvgIpc) is 3.12. The van der Waals surface area contributed by atoms with E-state index in [1.807, 2.05) is 30.3 Å². The van der Waals surface area contributed by atoms with E-state index in [-0.39, 0.29) is 40.8 Å². The number of hydrogen-bond donors (Lipinski definition) is 0. The monoisotopic (exact) mass is 510 g/mol. The van der Waals surface area contributed by atoms with Gasteiger partial charge in [-0.25, -0.2) is 0 Å². The van der Waals surface area contributed by atoms with Crippen LogP contribution in [0.2, 0.25) is 5.02 Å². The Kier molecular flexibility index (Phi) is 7.38. The summed E-state index contributed by atoms with van der Waals surface area (Å²) in [5, 5.41) is 11.8. The molecule has 1 fully saturated rings. The van der Waals surface area contributed by atoms with Gasteiger partial charge in [-0.1, -0.05) is 60.1 Å². The summed E-state index contributed by atoms with van der Waals surface area (Å²) in [7, 11) is 1.41. The van der Waals surface area contributed by atoms with Crippen LogP contribution in [-0.4, -0.2) is 28.1 Å². The van der Waals surface area contributed by atoms with Gasteiger partial charge in [0.25, 0.3) is 16.8 Å². The molecule has 3 aromatic carbocycles. The molecule has 2 amide bonds. The second-order valence-electron chi connectivity index (χ2n) is 7.45. The topological polar surface area (TPSA) is 99.0 Å². The van der Waals surface area contributed by atoms with Gasteiger partial charge >= 0.3 is 0 Å². The Morgan fingerprint density at radius 2 is 1.77 bits per heavy atom. The number of halogens is 1. The van der Waals surface area contributed by atoms with E-state index >= 15 is 0 Å². The number of amides is 2. The lowest BCUT2D eigenvalue weighted by Crippen LogP contribution is -2.27. The van der Waals surface area contributed by atoms with Crippen molar-refractivity contribution in [2.24, 2.45) is 0 Å². The quantitative estimate of drug-likeness (QED) is 0.206. The summed E-state index contributed by atoms with van der Waals surface area (Å²) in [6.07, 6.45) is 1.32. The normalized spacial score (nSPS) is 14.5. The van der Waals surface area contributed by atoms with E-state index in [4.69, 9.17) is 21.1 Å². The standard InChI is InChI=1S/C25H19ClN2O6S/c1-33-21-11-18(20(28(31)32)13-22(21)34-15-16-7-3-2-4-8-16)12-23-24(29)27(25(30)35-23)14-17-9-5-6-10-19(17)26/h2-13H,14-15H2,1H3/b23-12+. The van der Waals surface area contributed by atoms with E-state index in [0.29, 0.717) is 22.3 Å². The summed E-state index contributed by atoms with van der Waals surface area (Å²) in [6.45, 7) is 0.188. The Morgan fingerprint density at radius 1 is 1.06 bits per heavy atom. The lowest BCUT2D eigenvalue weighted by Gasteiger charge is -2.13. The molecule has 0 radical (unpaired) electrons. The minimum Gasteiger partial charge on any atom is -0.493 e. The summed E-state index contributed by atoms with van der Waals surface area (Å²) < 4.78 is 11.1. The molecule has 1 aliphatic rings. The van der Waals surface area contributed by atoms with Gasteiger partial charge in [0.2, 0.25) is 0 Å². The van der Waals surface area contributed by atoms with Crippen molar-refractivity contribution in [1.29, 1.82) is 0 Å². The molecule has 1 saturated heterocycles. The molecule has 0 atom stereocenters. The Hall–Kier alpha value is -3.82. The first-order valence-electron chi connectivity index (χ1n) is 10.4. The SMILES string of the molecule is COc1cc(/C=C2/SC(=O)N(Cc3ccccc3Cl)C2=O)c([N+](=O)[O-])cc1OCc1ccccc1. The Bertz CT molecular complexity index is 1330. The van der Waals surface area contributed by atoms with Gasteiger partial charge in [-0.2, -0.15) is 0 Å². The maximum absolute atomic E-state index is 12.9. The molecule has 0 unspecified atom stereocenters. The predicted molar refractivity (Wildman–Crippen MR) is 133 cm³/mol. The van der Waals surface area contributed by atoms with Crippen LogP contribution in [0, 0.1) is 10.1 Å². The minimum absolute atomic E-state index is 0.000637. The third-order valence-corrected chi connectivity index (χ3v) is 6.47. The molecule has 1 aliphatic heterocycles. The van der Waals surface area contributed by atoms with E-state index < -0.39 is 16.1 Å². The average molecular weight is 511 g/mol. The maximum Gasteiger partial charge on any atom is 0.293 e. The molecule has 1 heterocycles. The first kappa shape index (κ1) is 24.3.